The van der Waals surface area contributed by atoms with Gasteiger partial charge in [-0.05, 0) is 13.8 Å². The van der Waals surface area contributed by atoms with Gasteiger partial charge in [-0.2, -0.15) is 0 Å². The van der Waals surface area contributed by atoms with Gasteiger partial charge in [0, 0.05) is 17.9 Å². The number of hydrogen-bond donors (Lipinski definition) is 1. The third-order valence-corrected chi connectivity index (χ3v) is 2.78. The number of rotatable bonds is 4. The van der Waals surface area contributed by atoms with Gasteiger partial charge in [-0.15, -0.1) is 0 Å². The van der Waals surface area contributed by atoms with Gasteiger partial charge in [-0.25, -0.2) is 15.0 Å². The van der Waals surface area contributed by atoms with Crippen molar-refractivity contribution in [1.29, 1.82) is 0 Å². The van der Waals surface area contributed by atoms with Crippen molar-refractivity contribution in [3.05, 3.63) is 12.7 Å². The van der Waals surface area contributed by atoms with Gasteiger partial charge in [0.2, 0.25) is 0 Å². The molecule has 0 spiro atoms. The fourth-order valence-electron chi connectivity index (χ4n) is 1.67. The van der Waals surface area contributed by atoms with E-state index in [9.17, 15) is 0 Å². The number of aromatic amines is 1. The van der Waals surface area contributed by atoms with Gasteiger partial charge in [0.05, 0.1) is 6.33 Å². The molecule has 6 heteroatoms. The molecule has 0 aliphatic rings. The zero-order valence-electron chi connectivity index (χ0n) is 9.31. The van der Waals surface area contributed by atoms with E-state index in [1.54, 1.807) is 12.7 Å². The minimum atomic E-state index is 0.388. The Morgan fingerprint density at radius 1 is 1.38 bits per heavy atom. The predicted molar refractivity (Wildman–Crippen MR) is 68.0 cm³/mol. The Morgan fingerprint density at radius 2 is 2.19 bits per heavy atom. The molecule has 0 aliphatic heterocycles. The minimum absolute atomic E-state index is 0.388. The molecule has 0 saturated carbocycles. The van der Waals surface area contributed by atoms with Crippen molar-refractivity contribution in [2.45, 2.75) is 19.9 Å². The normalized spacial score (nSPS) is 11.2. The summed E-state index contributed by atoms with van der Waals surface area (Å²) >= 11 is 3.46. The van der Waals surface area contributed by atoms with Crippen LogP contribution in [0.2, 0.25) is 0 Å². The first-order chi connectivity index (χ1) is 7.74. The van der Waals surface area contributed by atoms with Gasteiger partial charge in [-0.3, -0.25) is 0 Å². The molecule has 0 aliphatic carbocycles. The summed E-state index contributed by atoms with van der Waals surface area (Å²) in [6.07, 6.45) is 3.21. The number of anilines is 1. The lowest BCUT2D eigenvalue weighted by Crippen LogP contribution is -2.33. The van der Waals surface area contributed by atoms with Gasteiger partial charge in [0.1, 0.15) is 11.8 Å². The zero-order valence-corrected chi connectivity index (χ0v) is 10.9. The number of alkyl halides is 1. The number of nitrogens with zero attached hydrogens (tertiary/aromatic N) is 4. The van der Waals surface area contributed by atoms with E-state index >= 15 is 0 Å². The molecule has 0 radical (unpaired) electrons. The first-order valence-corrected chi connectivity index (χ1v) is 6.33. The second-order valence-electron chi connectivity index (χ2n) is 3.77. The average molecular weight is 284 g/mol. The Hall–Kier alpha value is -1.17. The van der Waals surface area contributed by atoms with Crippen LogP contribution >= 0.6 is 15.9 Å². The lowest BCUT2D eigenvalue weighted by molar-refractivity contribution is 0.699. The molecule has 1 N–H and O–H groups in total. The highest BCUT2D eigenvalue weighted by molar-refractivity contribution is 9.09. The highest BCUT2D eigenvalue weighted by atomic mass is 79.9. The Bertz CT molecular complexity index is 467. The van der Waals surface area contributed by atoms with Gasteiger partial charge >= 0.3 is 0 Å². The molecule has 0 fully saturated rings. The van der Waals surface area contributed by atoms with Crippen molar-refractivity contribution in [2.75, 3.05) is 16.8 Å². The van der Waals surface area contributed by atoms with Crippen LogP contribution in [0.3, 0.4) is 0 Å². The topological polar surface area (TPSA) is 57.7 Å². The standard InChI is InChI=1S/C10H14BrN5/c1-7(2)16(4-3-11)10-8-9(13-5-12-8)14-6-15-10/h5-7H,3-4H2,1-2H3,(H,12,13,14,15). The van der Waals surface area contributed by atoms with Crippen molar-refractivity contribution in [3.63, 3.8) is 0 Å². The third kappa shape index (κ3) is 2.02. The maximum absolute atomic E-state index is 4.34. The van der Waals surface area contributed by atoms with E-state index in [2.05, 4.69) is 54.6 Å². The van der Waals surface area contributed by atoms with Gasteiger partial charge in [0.25, 0.3) is 0 Å². The van der Waals surface area contributed by atoms with E-state index in [0.717, 1.165) is 23.2 Å². The second kappa shape index (κ2) is 4.78. The van der Waals surface area contributed by atoms with E-state index in [4.69, 9.17) is 0 Å². The maximum Gasteiger partial charge on any atom is 0.182 e. The molecule has 2 rings (SSSR count). The molecule has 86 valence electrons. The summed E-state index contributed by atoms with van der Waals surface area (Å²) in [5, 5.41) is 0.908. The van der Waals surface area contributed by atoms with E-state index in [-0.39, 0.29) is 0 Å². The Kier molecular flexibility index (Phi) is 3.38. The van der Waals surface area contributed by atoms with Crippen molar-refractivity contribution in [2.24, 2.45) is 0 Å². The van der Waals surface area contributed by atoms with Crippen molar-refractivity contribution in [3.8, 4) is 0 Å². The molecule has 2 aromatic heterocycles. The number of halogens is 1. The zero-order chi connectivity index (χ0) is 11.5. The summed E-state index contributed by atoms with van der Waals surface area (Å²) in [5.74, 6) is 0.914. The average Bonchev–Trinajstić information content (AvgIpc) is 2.73. The van der Waals surface area contributed by atoms with Crippen LogP contribution in [0.1, 0.15) is 13.8 Å². The smallest absolute Gasteiger partial charge is 0.182 e. The lowest BCUT2D eigenvalue weighted by atomic mass is 10.3. The van der Waals surface area contributed by atoms with Crippen LogP contribution in [0.4, 0.5) is 5.82 Å². The molecule has 0 saturated heterocycles. The monoisotopic (exact) mass is 283 g/mol. The summed E-state index contributed by atoms with van der Waals surface area (Å²) in [6, 6.07) is 0.388. The molecule has 0 unspecified atom stereocenters. The van der Waals surface area contributed by atoms with E-state index in [0.29, 0.717) is 11.7 Å². The summed E-state index contributed by atoms with van der Waals surface area (Å²) in [7, 11) is 0. The molecule has 2 heterocycles. The van der Waals surface area contributed by atoms with Crippen LogP contribution in [0.25, 0.3) is 11.2 Å². The first kappa shape index (κ1) is 11.3. The molecule has 2 aromatic rings. The van der Waals surface area contributed by atoms with Crippen molar-refractivity contribution in [1.82, 2.24) is 19.9 Å². The van der Waals surface area contributed by atoms with Crippen LogP contribution < -0.4 is 4.90 Å². The van der Waals surface area contributed by atoms with Crippen LogP contribution in [-0.4, -0.2) is 37.9 Å². The molecular formula is C10H14BrN5. The fraction of sp³-hybridized carbons (Fsp3) is 0.500. The van der Waals surface area contributed by atoms with Gasteiger partial charge < -0.3 is 9.88 Å². The maximum atomic E-state index is 4.34. The number of fused-ring (bicyclic) bond motifs is 1. The highest BCUT2D eigenvalue weighted by Gasteiger charge is 2.15. The summed E-state index contributed by atoms with van der Waals surface area (Å²) in [6.45, 7) is 5.20. The molecule has 5 nitrogen and oxygen atoms in total. The van der Waals surface area contributed by atoms with Crippen LogP contribution in [0, 0.1) is 0 Å². The SMILES string of the molecule is CC(C)N(CCBr)c1ncnc2nc[nH]c12. The summed E-state index contributed by atoms with van der Waals surface area (Å²) < 4.78 is 0. The number of nitrogens with one attached hydrogen (secondary N) is 1. The Morgan fingerprint density at radius 3 is 2.88 bits per heavy atom. The predicted octanol–water partition coefficient (Wildman–Crippen LogP) is 1.96. The van der Waals surface area contributed by atoms with Crippen molar-refractivity contribution >= 4 is 32.9 Å². The molecule has 0 atom stereocenters. The number of aromatic nitrogens is 4. The minimum Gasteiger partial charge on any atom is -0.351 e. The molecule has 0 aromatic carbocycles. The lowest BCUT2D eigenvalue weighted by Gasteiger charge is -2.27. The molecule has 16 heavy (non-hydrogen) atoms. The molecule has 0 bridgehead atoms. The van der Waals surface area contributed by atoms with Crippen LogP contribution in [0.15, 0.2) is 12.7 Å². The molecule has 0 amide bonds. The number of imidazole rings is 1. The third-order valence-electron chi connectivity index (χ3n) is 2.42. The number of hydrogen-bond acceptors (Lipinski definition) is 4. The van der Waals surface area contributed by atoms with Crippen LogP contribution in [0.5, 0.6) is 0 Å². The largest absolute Gasteiger partial charge is 0.351 e. The molecular weight excluding hydrogens is 270 g/mol. The van der Waals surface area contributed by atoms with Crippen molar-refractivity contribution < 1.29 is 0 Å². The number of H-pyrrole nitrogens is 1. The Labute approximate surface area is 102 Å². The summed E-state index contributed by atoms with van der Waals surface area (Å²) in [5.41, 5.74) is 1.61. The second-order valence-corrected chi connectivity index (χ2v) is 4.57. The van der Waals surface area contributed by atoms with E-state index in [1.165, 1.54) is 0 Å². The van der Waals surface area contributed by atoms with Crippen LogP contribution in [-0.2, 0) is 0 Å². The fourth-order valence-corrected chi connectivity index (χ4v) is 2.05. The Balaban J connectivity index is 2.47. The quantitative estimate of drug-likeness (QED) is 0.872. The summed E-state index contributed by atoms with van der Waals surface area (Å²) in [4.78, 5) is 17.9. The van der Waals surface area contributed by atoms with Gasteiger partial charge in [0.15, 0.2) is 11.5 Å². The highest BCUT2D eigenvalue weighted by Crippen LogP contribution is 2.21. The first-order valence-electron chi connectivity index (χ1n) is 5.20. The van der Waals surface area contributed by atoms with Gasteiger partial charge in [-0.1, -0.05) is 15.9 Å². The van der Waals surface area contributed by atoms with E-state index < -0.39 is 0 Å². The van der Waals surface area contributed by atoms with E-state index in [1.807, 2.05) is 0 Å².